The predicted molar refractivity (Wildman–Crippen MR) is 145 cm³/mol. The number of benzene rings is 2. The van der Waals surface area contributed by atoms with Gasteiger partial charge in [-0.1, -0.05) is 24.3 Å². The molecule has 4 aromatic rings. The van der Waals surface area contributed by atoms with Crippen molar-refractivity contribution < 1.29 is 8.42 Å². The first-order valence-electron chi connectivity index (χ1n) is 12.2. The van der Waals surface area contributed by atoms with Gasteiger partial charge < -0.3 is 20.5 Å². The maximum atomic E-state index is 12.7. The summed E-state index contributed by atoms with van der Waals surface area (Å²) in [5.41, 5.74) is 3.84. The van der Waals surface area contributed by atoms with Gasteiger partial charge in [-0.05, 0) is 54.9 Å². The number of H-pyrrole nitrogens is 1. The molecule has 0 radical (unpaired) electrons. The van der Waals surface area contributed by atoms with Gasteiger partial charge in [0.15, 0.2) is 9.84 Å². The molecule has 5 rings (SSSR count). The summed E-state index contributed by atoms with van der Waals surface area (Å²) in [7, 11) is -3.31. The van der Waals surface area contributed by atoms with Crippen molar-refractivity contribution in [3.8, 4) is 0 Å². The highest BCUT2D eigenvalue weighted by Crippen LogP contribution is 2.21. The van der Waals surface area contributed by atoms with Crippen LogP contribution in [0.1, 0.15) is 17.5 Å². The Balaban J connectivity index is 1.16. The molecule has 0 atom stereocenters. The highest BCUT2D eigenvalue weighted by Gasteiger charge is 2.16. The molecule has 36 heavy (non-hydrogen) atoms. The molecular formula is C27H30N6O2S. The molecule has 0 amide bonds. The van der Waals surface area contributed by atoms with Gasteiger partial charge in [-0.3, -0.25) is 0 Å². The lowest BCUT2D eigenvalue weighted by Gasteiger charge is -2.26. The third kappa shape index (κ3) is 5.99. The van der Waals surface area contributed by atoms with Crippen LogP contribution in [0.5, 0.6) is 0 Å². The fourth-order valence-corrected chi connectivity index (χ4v) is 5.63. The van der Waals surface area contributed by atoms with Gasteiger partial charge >= 0.3 is 0 Å². The molecule has 3 heterocycles. The number of nitrogens with zero attached hydrogens (tertiary/aromatic N) is 3. The van der Waals surface area contributed by atoms with Crippen LogP contribution in [0.2, 0.25) is 0 Å². The van der Waals surface area contributed by atoms with Crippen LogP contribution < -0.4 is 10.6 Å². The molecule has 2 aromatic carbocycles. The average molecular weight is 503 g/mol. The van der Waals surface area contributed by atoms with E-state index in [1.165, 1.54) is 0 Å². The van der Waals surface area contributed by atoms with Gasteiger partial charge in [0.25, 0.3) is 0 Å². The molecule has 186 valence electrons. The summed E-state index contributed by atoms with van der Waals surface area (Å²) in [5.74, 6) is 0.604. The van der Waals surface area contributed by atoms with E-state index in [4.69, 9.17) is 0 Å². The Bertz CT molecular complexity index is 1420. The molecule has 1 fully saturated rings. The highest BCUT2D eigenvalue weighted by molar-refractivity contribution is 7.91. The summed E-state index contributed by atoms with van der Waals surface area (Å²) in [6.07, 6.45) is 10.1. The van der Waals surface area contributed by atoms with Crippen molar-refractivity contribution in [2.45, 2.75) is 11.3 Å². The standard InChI is InChI=1S/C27H30N6O2S/c34-36(35,18-2-15-33-16-13-28-14-17-33)24-9-7-23(8-10-24)32-27-30-19-21(20-31-27)5-6-22-3-1-4-26-25(22)11-12-29-26/h1,3-12,19-20,28-29H,2,13-18H2,(H,30,31,32). The Hall–Kier alpha value is -3.53. The van der Waals surface area contributed by atoms with Gasteiger partial charge in [-0.2, -0.15) is 0 Å². The van der Waals surface area contributed by atoms with Crippen molar-refractivity contribution in [1.29, 1.82) is 0 Å². The van der Waals surface area contributed by atoms with E-state index in [9.17, 15) is 8.42 Å². The second kappa shape index (κ2) is 11.0. The molecule has 0 aliphatic carbocycles. The summed E-state index contributed by atoms with van der Waals surface area (Å²) in [4.78, 5) is 14.6. The van der Waals surface area contributed by atoms with Crippen molar-refractivity contribution in [3.05, 3.63) is 78.2 Å². The van der Waals surface area contributed by atoms with E-state index in [0.717, 1.165) is 60.4 Å². The molecule has 2 aromatic heterocycles. The van der Waals surface area contributed by atoms with Crippen LogP contribution in [0.15, 0.2) is 72.0 Å². The Kier molecular flexibility index (Phi) is 7.41. The minimum atomic E-state index is -3.31. The molecule has 1 aliphatic heterocycles. The summed E-state index contributed by atoms with van der Waals surface area (Å²) < 4.78 is 25.4. The van der Waals surface area contributed by atoms with Gasteiger partial charge in [0.05, 0.1) is 10.6 Å². The second-order valence-corrected chi connectivity index (χ2v) is 11.0. The van der Waals surface area contributed by atoms with Crippen molar-refractivity contribution in [1.82, 2.24) is 25.2 Å². The van der Waals surface area contributed by atoms with Gasteiger partial charge in [-0.25, -0.2) is 18.4 Å². The average Bonchev–Trinajstić information content (AvgIpc) is 3.39. The summed E-state index contributed by atoms with van der Waals surface area (Å²) in [6, 6.07) is 15.0. The van der Waals surface area contributed by atoms with Crippen LogP contribution in [0.3, 0.4) is 0 Å². The highest BCUT2D eigenvalue weighted by atomic mass is 32.2. The second-order valence-electron chi connectivity index (χ2n) is 8.87. The fraction of sp³-hybridized carbons (Fsp3) is 0.259. The predicted octanol–water partition coefficient (Wildman–Crippen LogP) is 3.94. The summed E-state index contributed by atoms with van der Waals surface area (Å²) >= 11 is 0. The molecule has 1 aliphatic rings. The molecule has 8 nitrogen and oxygen atoms in total. The molecule has 9 heteroatoms. The Labute approximate surface area is 211 Å². The first-order valence-corrected chi connectivity index (χ1v) is 13.8. The van der Waals surface area contributed by atoms with Gasteiger partial charge in [0.2, 0.25) is 5.95 Å². The Morgan fingerprint density at radius 1 is 0.972 bits per heavy atom. The first-order chi connectivity index (χ1) is 17.6. The maximum Gasteiger partial charge on any atom is 0.227 e. The molecule has 3 N–H and O–H groups in total. The van der Waals surface area contributed by atoms with Gasteiger partial charge in [-0.15, -0.1) is 0 Å². The normalized spacial score (nSPS) is 15.0. The molecule has 1 saturated heterocycles. The maximum absolute atomic E-state index is 12.7. The molecule has 0 bridgehead atoms. The Morgan fingerprint density at radius 2 is 1.75 bits per heavy atom. The lowest BCUT2D eigenvalue weighted by atomic mass is 10.1. The lowest BCUT2D eigenvalue weighted by Crippen LogP contribution is -2.44. The number of rotatable bonds is 9. The topological polar surface area (TPSA) is 103 Å². The third-order valence-corrected chi connectivity index (χ3v) is 8.14. The zero-order valence-electron chi connectivity index (χ0n) is 20.0. The number of aromatic nitrogens is 3. The number of hydrogen-bond donors (Lipinski definition) is 3. The van der Waals surface area contributed by atoms with E-state index in [2.05, 4.69) is 42.6 Å². The number of sulfone groups is 1. The summed E-state index contributed by atoms with van der Waals surface area (Å²) in [6.45, 7) is 4.70. The van der Waals surface area contributed by atoms with Crippen molar-refractivity contribution in [3.63, 3.8) is 0 Å². The monoisotopic (exact) mass is 502 g/mol. The van der Waals surface area contributed by atoms with Crippen LogP contribution in [0.25, 0.3) is 23.1 Å². The van der Waals surface area contributed by atoms with Crippen LogP contribution in [0, 0.1) is 0 Å². The minimum Gasteiger partial charge on any atom is -0.361 e. The van der Waals surface area contributed by atoms with Crippen molar-refractivity contribution in [2.75, 3.05) is 43.8 Å². The van der Waals surface area contributed by atoms with Crippen molar-refractivity contribution in [2.24, 2.45) is 0 Å². The van der Waals surface area contributed by atoms with E-state index in [0.29, 0.717) is 17.3 Å². The quantitative estimate of drug-likeness (QED) is 0.319. The van der Waals surface area contributed by atoms with Crippen LogP contribution in [-0.2, 0) is 9.84 Å². The minimum absolute atomic E-state index is 0.153. The van der Waals surface area contributed by atoms with E-state index in [1.54, 1.807) is 36.7 Å². The largest absolute Gasteiger partial charge is 0.361 e. The number of fused-ring (bicyclic) bond motifs is 1. The van der Waals surface area contributed by atoms with Crippen molar-refractivity contribution >= 4 is 44.5 Å². The van der Waals surface area contributed by atoms with Gasteiger partial charge in [0.1, 0.15) is 0 Å². The molecular weight excluding hydrogens is 472 g/mol. The van der Waals surface area contributed by atoms with Gasteiger partial charge in [0, 0.05) is 66.9 Å². The van der Waals surface area contributed by atoms with Crippen LogP contribution in [-0.4, -0.2) is 66.7 Å². The van der Waals surface area contributed by atoms with Crippen LogP contribution >= 0.6 is 0 Å². The zero-order chi connectivity index (χ0) is 24.8. The summed E-state index contributed by atoms with van der Waals surface area (Å²) in [5, 5.41) is 7.61. The third-order valence-electron chi connectivity index (χ3n) is 6.32. The van der Waals surface area contributed by atoms with E-state index < -0.39 is 9.84 Å². The van der Waals surface area contributed by atoms with E-state index in [-0.39, 0.29) is 5.75 Å². The van der Waals surface area contributed by atoms with Crippen LogP contribution in [0.4, 0.5) is 11.6 Å². The zero-order valence-corrected chi connectivity index (χ0v) is 20.8. The number of aromatic amines is 1. The SMILES string of the molecule is O=S(=O)(CCCN1CCNCC1)c1ccc(Nc2ncc(C=Cc3cccc4[nH]ccc34)cn2)cc1. The lowest BCUT2D eigenvalue weighted by molar-refractivity contribution is 0.242. The fourth-order valence-electron chi connectivity index (χ4n) is 4.34. The molecule has 0 spiro atoms. The number of anilines is 2. The smallest absolute Gasteiger partial charge is 0.227 e. The van der Waals surface area contributed by atoms with E-state index >= 15 is 0 Å². The first kappa shape index (κ1) is 24.2. The molecule has 0 saturated carbocycles. The number of nitrogens with one attached hydrogen (secondary N) is 3. The Morgan fingerprint density at radius 3 is 2.53 bits per heavy atom. The number of hydrogen-bond acceptors (Lipinski definition) is 7. The number of piperazine rings is 1. The van der Waals surface area contributed by atoms with E-state index in [1.807, 2.05) is 30.5 Å². The molecule has 0 unspecified atom stereocenters.